The van der Waals surface area contributed by atoms with Crippen molar-refractivity contribution in [2.24, 2.45) is 7.05 Å². The molecule has 0 aliphatic carbocycles. The monoisotopic (exact) mass is 291 g/mol. The van der Waals surface area contributed by atoms with Gasteiger partial charge in [0.2, 0.25) is 0 Å². The summed E-state index contributed by atoms with van der Waals surface area (Å²) in [4.78, 5) is 0. The summed E-state index contributed by atoms with van der Waals surface area (Å²) in [5, 5.41) is 2.39. The number of furan rings is 1. The molecule has 2 aromatic heterocycles. The molecule has 0 fully saturated rings. The maximum Gasteiger partial charge on any atom is 0.135 e. The highest BCUT2D eigenvalue weighted by atomic mass is 16.3. The molecule has 0 atom stereocenters. The predicted octanol–water partition coefficient (Wildman–Crippen LogP) is 5.94. The van der Waals surface area contributed by atoms with Crippen molar-refractivity contribution in [1.82, 2.24) is 4.57 Å². The Balaban J connectivity index is 2.60. The Morgan fingerprint density at radius 2 is 1.77 bits per heavy atom. The van der Waals surface area contributed by atoms with Crippen LogP contribution in [-0.2, 0) is 7.05 Å². The highest BCUT2D eigenvalue weighted by Gasteiger charge is 2.18. The number of rotatable bonds is 3. The first-order chi connectivity index (χ1) is 10.6. The largest absolute Gasteiger partial charge is 0.461 e. The molecular formula is C20H21NO. The van der Waals surface area contributed by atoms with Gasteiger partial charge in [-0.15, -0.1) is 0 Å². The SMILES string of the molecule is C=Cc1c(/C=C\C)n(C)c2ccc3oc(C)c(/C=C\C)c3c12. The van der Waals surface area contributed by atoms with Crippen LogP contribution in [0.4, 0.5) is 0 Å². The first-order valence-corrected chi connectivity index (χ1v) is 7.56. The summed E-state index contributed by atoms with van der Waals surface area (Å²) < 4.78 is 8.17. The number of allylic oxidation sites excluding steroid dienone is 2. The predicted molar refractivity (Wildman–Crippen MR) is 96.9 cm³/mol. The lowest BCUT2D eigenvalue weighted by molar-refractivity contribution is 0.577. The van der Waals surface area contributed by atoms with E-state index in [-0.39, 0.29) is 0 Å². The summed E-state index contributed by atoms with van der Waals surface area (Å²) in [6.45, 7) is 10.1. The van der Waals surface area contributed by atoms with Crippen molar-refractivity contribution in [2.45, 2.75) is 20.8 Å². The van der Waals surface area contributed by atoms with Crippen LogP contribution in [-0.4, -0.2) is 4.57 Å². The fourth-order valence-electron chi connectivity index (χ4n) is 3.25. The molecule has 3 rings (SSSR count). The first-order valence-electron chi connectivity index (χ1n) is 7.56. The van der Waals surface area contributed by atoms with Crippen LogP contribution in [0.15, 0.2) is 35.3 Å². The minimum atomic E-state index is 0.929. The van der Waals surface area contributed by atoms with Crippen LogP contribution in [0, 0.1) is 6.92 Å². The van der Waals surface area contributed by atoms with Crippen molar-refractivity contribution in [3.05, 3.63) is 53.4 Å². The van der Waals surface area contributed by atoms with Crippen LogP contribution in [0.3, 0.4) is 0 Å². The second-order valence-electron chi connectivity index (χ2n) is 5.47. The average Bonchev–Trinajstić information content (AvgIpc) is 2.96. The van der Waals surface area contributed by atoms with Crippen molar-refractivity contribution < 1.29 is 4.42 Å². The number of aromatic nitrogens is 1. The van der Waals surface area contributed by atoms with Gasteiger partial charge < -0.3 is 8.98 Å². The van der Waals surface area contributed by atoms with Gasteiger partial charge >= 0.3 is 0 Å². The van der Waals surface area contributed by atoms with Crippen molar-refractivity contribution in [2.75, 3.05) is 0 Å². The van der Waals surface area contributed by atoms with Crippen molar-refractivity contribution in [3.8, 4) is 0 Å². The molecule has 0 spiro atoms. The van der Waals surface area contributed by atoms with E-state index >= 15 is 0 Å². The fraction of sp³-hybridized carbons (Fsp3) is 0.200. The van der Waals surface area contributed by atoms with Gasteiger partial charge in [0.25, 0.3) is 0 Å². The quantitative estimate of drug-likeness (QED) is 0.583. The van der Waals surface area contributed by atoms with Gasteiger partial charge in [-0.3, -0.25) is 0 Å². The Morgan fingerprint density at radius 3 is 2.41 bits per heavy atom. The molecule has 0 aliphatic rings. The van der Waals surface area contributed by atoms with E-state index in [2.05, 4.69) is 54.6 Å². The molecule has 3 aromatic rings. The number of nitrogens with zero attached hydrogens (tertiary/aromatic N) is 1. The highest BCUT2D eigenvalue weighted by molar-refractivity contribution is 6.14. The van der Waals surface area contributed by atoms with Crippen LogP contribution in [0.5, 0.6) is 0 Å². The Bertz CT molecular complexity index is 932. The van der Waals surface area contributed by atoms with Crippen LogP contribution >= 0.6 is 0 Å². The average molecular weight is 291 g/mol. The normalized spacial score (nSPS) is 12.4. The number of fused-ring (bicyclic) bond motifs is 3. The molecule has 0 unspecified atom stereocenters. The van der Waals surface area contributed by atoms with E-state index in [0.29, 0.717) is 0 Å². The van der Waals surface area contributed by atoms with Crippen LogP contribution < -0.4 is 0 Å². The Hall–Kier alpha value is -2.48. The maximum absolute atomic E-state index is 5.96. The lowest BCUT2D eigenvalue weighted by Gasteiger charge is -1.99. The molecule has 0 amide bonds. The zero-order valence-electron chi connectivity index (χ0n) is 13.6. The minimum absolute atomic E-state index is 0.929. The van der Waals surface area contributed by atoms with E-state index in [1.807, 2.05) is 26.8 Å². The van der Waals surface area contributed by atoms with Gasteiger partial charge in [-0.2, -0.15) is 0 Å². The van der Waals surface area contributed by atoms with Crippen molar-refractivity contribution in [1.29, 1.82) is 0 Å². The molecule has 22 heavy (non-hydrogen) atoms. The lowest BCUT2D eigenvalue weighted by Crippen LogP contribution is -1.90. The molecule has 2 heteroatoms. The Labute approximate surface area is 131 Å². The highest BCUT2D eigenvalue weighted by Crippen LogP contribution is 2.38. The van der Waals surface area contributed by atoms with E-state index in [9.17, 15) is 0 Å². The summed E-state index contributed by atoms with van der Waals surface area (Å²) in [5.41, 5.74) is 5.61. The van der Waals surface area contributed by atoms with E-state index in [4.69, 9.17) is 4.42 Å². The van der Waals surface area contributed by atoms with Crippen LogP contribution in [0.1, 0.15) is 36.4 Å². The summed E-state index contributed by atoms with van der Waals surface area (Å²) in [6, 6.07) is 4.18. The molecule has 0 saturated carbocycles. The summed E-state index contributed by atoms with van der Waals surface area (Å²) in [6.07, 6.45) is 10.3. The lowest BCUT2D eigenvalue weighted by atomic mass is 10.0. The number of benzene rings is 1. The van der Waals surface area contributed by atoms with Crippen molar-refractivity contribution in [3.63, 3.8) is 0 Å². The topological polar surface area (TPSA) is 18.1 Å². The smallest absolute Gasteiger partial charge is 0.135 e. The van der Waals surface area contributed by atoms with Crippen LogP contribution in [0.25, 0.3) is 40.1 Å². The van der Waals surface area contributed by atoms with Gasteiger partial charge in [-0.05, 0) is 39.0 Å². The zero-order valence-corrected chi connectivity index (χ0v) is 13.6. The van der Waals surface area contributed by atoms with Gasteiger partial charge in [0.1, 0.15) is 11.3 Å². The molecule has 0 N–H and O–H groups in total. The molecular weight excluding hydrogens is 270 g/mol. The minimum Gasteiger partial charge on any atom is -0.461 e. The molecule has 2 nitrogen and oxygen atoms in total. The van der Waals surface area contributed by atoms with Gasteiger partial charge in [0.05, 0.1) is 0 Å². The zero-order chi connectivity index (χ0) is 15.9. The van der Waals surface area contributed by atoms with E-state index in [1.54, 1.807) is 0 Å². The third-order valence-electron chi connectivity index (χ3n) is 4.19. The summed E-state index contributed by atoms with van der Waals surface area (Å²) in [5.74, 6) is 0.951. The maximum atomic E-state index is 5.96. The number of hydrogen-bond acceptors (Lipinski definition) is 1. The summed E-state index contributed by atoms with van der Waals surface area (Å²) in [7, 11) is 2.10. The van der Waals surface area contributed by atoms with Crippen LogP contribution in [0.2, 0.25) is 0 Å². The second kappa shape index (κ2) is 5.38. The molecule has 0 bridgehead atoms. The van der Waals surface area contributed by atoms with Gasteiger partial charge in [0.15, 0.2) is 0 Å². The fourth-order valence-corrected chi connectivity index (χ4v) is 3.25. The molecule has 0 aliphatic heterocycles. The third kappa shape index (κ3) is 1.87. The van der Waals surface area contributed by atoms with Gasteiger partial charge in [-0.1, -0.05) is 30.9 Å². The van der Waals surface area contributed by atoms with Gasteiger partial charge in [-0.25, -0.2) is 0 Å². The van der Waals surface area contributed by atoms with E-state index < -0.39 is 0 Å². The molecule has 1 aromatic carbocycles. The Morgan fingerprint density at radius 1 is 1.05 bits per heavy atom. The molecule has 0 radical (unpaired) electrons. The summed E-state index contributed by atoms with van der Waals surface area (Å²) >= 11 is 0. The third-order valence-corrected chi connectivity index (χ3v) is 4.19. The standard InChI is InChI=1S/C20H21NO/c1-6-9-15-13(4)22-18-12-11-17-19(20(15)18)14(8-3)16(10-7-2)21(17)5/h6-12H,3H2,1-2,4-5H3/b9-6-,10-7-. The van der Waals surface area contributed by atoms with E-state index in [0.717, 1.165) is 22.5 Å². The van der Waals surface area contributed by atoms with Gasteiger partial charge in [0, 0.05) is 40.2 Å². The first kappa shape index (κ1) is 14.5. The molecule has 2 heterocycles. The Kier molecular flexibility index (Phi) is 3.53. The number of aryl methyl sites for hydroxylation is 2. The molecule has 112 valence electrons. The number of hydrogen-bond donors (Lipinski definition) is 0. The second-order valence-corrected chi connectivity index (χ2v) is 5.47. The molecule has 0 saturated heterocycles. The van der Waals surface area contributed by atoms with Crippen molar-refractivity contribution >= 4 is 40.1 Å². The van der Waals surface area contributed by atoms with E-state index in [1.165, 1.54) is 22.0 Å².